The third kappa shape index (κ3) is 4.49. The third-order valence-corrected chi connectivity index (χ3v) is 21.9. The Labute approximate surface area is 403 Å². The first-order valence-corrected chi connectivity index (χ1v) is 25.5. The molecule has 4 saturated carbocycles. The van der Waals surface area contributed by atoms with Gasteiger partial charge >= 0.3 is 5.97 Å². The standard InChI is InChI=1S/C58H63N3O8/c1-30(48(65)66)36-16-22-53(61-49(59)60)23-24-54-38(18-25-62)44(53)57(36,68)37-15-14-33-27-35-28-55(67)42(34-13-12-31-10-6-7-11-32(31)26-34)46-50(2)19-8-5-9-20-56(58(35,69)45(54)41(33)37)47(55)43(39(63)29-52(54,56)4)51(46,3)21-17-40(50)64/h6-7,10-11,15,23-24,26,28,38,42,44-46,62,67-69H,9,12-14,16-22,25,27,29H2,1-4H3,(H,65,66)(H4,59,60,61)/b36-30+/t38-,42+,44+,45-,46-,50-,51-,52-,53+,54+,55-,56+,57+,58+/m1/s1. The average Bonchev–Trinajstić information content (AvgIpc) is 3.75. The van der Waals surface area contributed by atoms with Gasteiger partial charge < -0.3 is 37.0 Å². The minimum absolute atomic E-state index is 0.0135. The highest BCUT2D eigenvalue weighted by atomic mass is 16.4. The minimum atomic E-state index is -1.95. The summed E-state index contributed by atoms with van der Waals surface area (Å²) in [6.45, 7) is 7.57. The summed E-state index contributed by atoms with van der Waals surface area (Å²) in [5.41, 5.74) is 8.09. The summed E-state index contributed by atoms with van der Waals surface area (Å²) in [4.78, 5) is 49.5. The normalized spacial score (nSPS) is 47.2. The number of fused-ring (bicyclic) bond motifs is 3. The van der Waals surface area contributed by atoms with Crippen LogP contribution in [0.5, 0.6) is 0 Å². The number of hydrogen-bond acceptors (Lipinski definition) is 8. The van der Waals surface area contributed by atoms with Crippen LogP contribution in [0.2, 0.25) is 0 Å². The Morgan fingerprint density at radius 3 is 2.48 bits per heavy atom. The maximum Gasteiger partial charge on any atom is 0.331 e. The van der Waals surface area contributed by atoms with Crippen LogP contribution in [0, 0.1) is 68.5 Å². The van der Waals surface area contributed by atoms with E-state index < -0.39 is 85.0 Å². The van der Waals surface area contributed by atoms with Gasteiger partial charge in [0.25, 0.3) is 0 Å². The molecule has 13 rings (SSSR count). The molecule has 0 radical (unpaired) electrons. The fourth-order valence-corrected chi connectivity index (χ4v) is 20.0. The zero-order valence-corrected chi connectivity index (χ0v) is 40.0. The Morgan fingerprint density at radius 2 is 1.72 bits per heavy atom. The van der Waals surface area contributed by atoms with Crippen LogP contribution in [0.25, 0.3) is 6.08 Å². The fourth-order valence-electron chi connectivity index (χ4n) is 20.0. The predicted molar refractivity (Wildman–Crippen MR) is 258 cm³/mol. The van der Waals surface area contributed by atoms with Gasteiger partial charge in [0, 0.05) is 82.9 Å². The molecular weight excluding hydrogens is 867 g/mol. The number of guanidine groups is 1. The summed E-state index contributed by atoms with van der Waals surface area (Å²) in [7, 11) is 0. The van der Waals surface area contributed by atoms with Gasteiger partial charge in [0.1, 0.15) is 22.6 Å². The second-order valence-electron chi connectivity index (χ2n) is 24.0. The number of carboxylic acid groups (broad SMARTS) is 1. The van der Waals surface area contributed by atoms with Crippen molar-refractivity contribution in [3.05, 3.63) is 110 Å². The molecule has 1 aromatic rings. The van der Waals surface area contributed by atoms with Crippen molar-refractivity contribution in [2.45, 2.75) is 134 Å². The number of benzene rings is 1. The number of aryl methyl sites for hydroxylation is 1. The first-order chi connectivity index (χ1) is 32.7. The molecule has 0 aromatic heterocycles. The molecule has 1 aromatic carbocycles. The molecule has 11 nitrogen and oxygen atoms in total. The summed E-state index contributed by atoms with van der Waals surface area (Å²) in [5, 5.41) is 66.8. The molecule has 9 N–H and O–H groups in total. The summed E-state index contributed by atoms with van der Waals surface area (Å²) in [6, 6.07) is 8.35. The number of aliphatic hydroxyl groups is 4. The Hall–Kier alpha value is -5.12. The van der Waals surface area contributed by atoms with Crippen molar-refractivity contribution in [1.82, 2.24) is 0 Å². The lowest BCUT2D eigenvalue weighted by atomic mass is 9.32. The van der Waals surface area contributed by atoms with Crippen LogP contribution in [0.15, 0.2) is 104 Å². The second-order valence-corrected chi connectivity index (χ2v) is 24.0. The van der Waals surface area contributed by atoms with Crippen molar-refractivity contribution in [3.63, 3.8) is 0 Å². The lowest BCUT2D eigenvalue weighted by molar-refractivity contribution is -0.175. The topological polar surface area (TPSA) is 217 Å². The molecule has 0 amide bonds. The molecule has 69 heavy (non-hydrogen) atoms. The summed E-state index contributed by atoms with van der Waals surface area (Å²) < 4.78 is 0. The Bertz CT molecular complexity index is 3040. The second kappa shape index (κ2) is 13.2. The summed E-state index contributed by atoms with van der Waals surface area (Å²) in [5.74, 6) is 2.06. The van der Waals surface area contributed by atoms with E-state index in [1.54, 1.807) is 0 Å². The van der Waals surface area contributed by atoms with Gasteiger partial charge in [0.2, 0.25) is 0 Å². The molecule has 2 spiro atoms. The maximum atomic E-state index is 16.5. The monoisotopic (exact) mass is 929 g/mol. The number of carboxylic acids is 1. The van der Waals surface area contributed by atoms with E-state index in [0.717, 1.165) is 28.7 Å². The lowest BCUT2D eigenvalue weighted by Gasteiger charge is -2.71. The third-order valence-electron chi connectivity index (χ3n) is 21.9. The van der Waals surface area contributed by atoms with Crippen LogP contribution in [0.4, 0.5) is 0 Å². The van der Waals surface area contributed by atoms with Crippen molar-refractivity contribution in [2.75, 3.05) is 6.61 Å². The molecule has 4 fully saturated rings. The molecule has 14 atom stereocenters. The van der Waals surface area contributed by atoms with E-state index in [9.17, 15) is 30.0 Å². The van der Waals surface area contributed by atoms with Crippen molar-refractivity contribution >= 4 is 29.6 Å². The van der Waals surface area contributed by atoms with Crippen LogP contribution >= 0.6 is 0 Å². The van der Waals surface area contributed by atoms with Gasteiger partial charge in [-0.25, -0.2) is 9.79 Å². The number of hydrogen-bond donors (Lipinski definition) is 7. The number of aliphatic carboxylic acids is 1. The quantitative estimate of drug-likeness (QED) is 0.0578. The first-order valence-electron chi connectivity index (χ1n) is 25.5. The molecule has 11 heteroatoms. The van der Waals surface area contributed by atoms with Gasteiger partial charge in [-0.3, -0.25) is 9.59 Å². The Kier molecular flexibility index (Phi) is 8.41. The van der Waals surface area contributed by atoms with Gasteiger partial charge in [-0.15, -0.1) is 11.8 Å². The molecular formula is C58H63N3O8. The number of carbonyl (C=O) groups excluding carboxylic acids is 2. The molecule has 12 aliphatic carbocycles. The van der Waals surface area contributed by atoms with Crippen LogP contribution in [0.1, 0.15) is 116 Å². The van der Waals surface area contributed by atoms with Crippen LogP contribution in [-0.4, -0.2) is 78.0 Å². The van der Waals surface area contributed by atoms with Gasteiger partial charge in [0.05, 0.1) is 5.54 Å². The number of aliphatic imine (C=N–C) groups is 1. The zero-order chi connectivity index (χ0) is 48.4. The van der Waals surface area contributed by atoms with Crippen molar-refractivity contribution in [1.29, 1.82) is 0 Å². The highest BCUT2D eigenvalue weighted by Crippen LogP contribution is 2.90. The van der Waals surface area contributed by atoms with E-state index in [-0.39, 0.29) is 74.7 Å². The molecule has 0 aliphatic heterocycles. The van der Waals surface area contributed by atoms with E-state index in [1.807, 2.05) is 31.2 Å². The first kappa shape index (κ1) is 43.9. The Morgan fingerprint density at radius 1 is 0.942 bits per heavy atom. The van der Waals surface area contributed by atoms with E-state index in [1.165, 1.54) is 12.5 Å². The van der Waals surface area contributed by atoms with Gasteiger partial charge in [0.15, 0.2) is 11.7 Å². The lowest BCUT2D eigenvalue weighted by Crippen LogP contribution is -2.73. The summed E-state index contributed by atoms with van der Waals surface area (Å²) >= 11 is 0. The van der Waals surface area contributed by atoms with Crippen molar-refractivity contribution in [3.8, 4) is 11.8 Å². The van der Waals surface area contributed by atoms with Crippen molar-refractivity contribution in [2.24, 2.45) is 73.1 Å². The van der Waals surface area contributed by atoms with Crippen molar-refractivity contribution < 1.29 is 39.9 Å². The van der Waals surface area contributed by atoms with E-state index in [4.69, 9.17) is 16.5 Å². The molecule has 0 saturated heterocycles. The number of nitrogens with two attached hydrogens (primary N) is 2. The largest absolute Gasteiger partial charge is 0.478 e. The molecule has 0 heterocycles. The smallest absolute Gasteiger partial charge is 0.331 e. The number of carbonyl (C=O) groups is 3. The molecule has 6 bridgehead atoms. The van der Waals surface area contributed by atoms with Gasteiger partial charge in [-0.1, -0.05) is 80.5 Å². The number of allylic oxidation sites excluding steroid dienone is 4. The predicted octanol–water partition coefficient (Wildman–Crippen LogP) is 6.27. The van der Waals surface area contributed by atoms with E-state index >= 15 is 9.90 Å². The summed E-state index contributed by atoms with van der Waals surface area (Å²) in [6.07, 6.45) is 14.6. The number of aliphatic hydroxyl groups excluding tert-OH is 1. The highest BCUT2D eigenvalue weighted by Gasteiger charge is 2.91. The Balaban J connectivity index is 1.21. The van der Waals surface area contributed by atoms with Gasteiger partial charge in [-0.2, -0.15) is 0 Å². The zero-order valence-electron chi connectivity index (χ0n) is 40.0. The number of rotatable bonds is 5. The maximum absolute atomic E-state index is 16.5. The van der Waals surface area contributed by atoms with E-state index in [2.05, 4.69) is 56.0 Å². The highest BCUT2D eigenvalue weighted by molar-refractivity contribution is 6.03. The number of Topliss-reactive ketones (excluding diaryl/α,β-unsaturated/α-hetero) is 2. The van der Waals surface area contributed by atoms with E-state index in [0.29, 0.717) is 60.0 Å². The SMILES string of the molecule is C/C(C(=O)O)=C1/CC[C@]2(N=C(N)N)C=C[C@]34[C@H](CCO)[C@@H]2[C@@]1(O)C1=CCC2=C1[C@H]3[C@@]1(O)C(=C[C@]3(O)C5=C6C(=O)C[C@@]4(C)[C@]51CCC#CC[C@]1(C)C(=O)CC[C@@]6(C)[C@@H]1[C@@H]3C1=Cc3ccccc3CC1)C2. The average molecular weight is 930 g/mol. The van der Waals surface area contributed by atoms with Crippen LogP contribution in [0.3, 0.4) is 0 Å². The number of nitrogens with zero attached hydrogens (tertiary/aromatic N) is 1. The molecule has 12 aliphatic rings. The molecule has 0 unspecified atom stereocenters. The van der Waals surface area contributed by atoms with Crippen LogP contribution in [-0.2, 0) is 20.8 Å². The fraction of sp³-hybridized carbons (Fsp3) is 0.552. The van der Waals surface area contributed by atoms with Crippen LogP contribution < -0.4 is 11.5 Å². The van der Waals surface area contributed by atoms with Gasteiger partial charge in [-0.05, 0) is 127 Å². The minimum Gasteiger partial charge on any atom is -0.478 e. The number of ketones is 2. The molecule has 358 valence electrons.